The first-order valence-corrected chi connectivity index (χ1v) is 7.91. The van der Waals surface area contributed by atoms with Gasteiger partial charge < -0.3 is 9.68 Å². The van der Waals surface area contributed by atoms with Crippen molar-refractivity contribution in [1.29, 1.82) is 0 Å². The summed E-state index contributed by atoms with van der Waals surface area (Å²) in [4.78, 5) is 16.7. The zero-order valence-corrected chi connectivity index (χ0v) is 13.6. The SMILES string of the molecule is Cc1c(C(=O)Cc2ccc3c(c2)B(O)OC3)nnn1-c1cccnc1. The summed E-state index contributed by atoms with van der Waals surface area (Å²) in [6.07, 6.45) is 3.53. The van der Waals surface area contributed by atoms with Gasteiger partial charge in [-0.1, -0.05) is 23.4 Å². The van der Waals surface area contributed by atoms with Crippen molar-refractivity contribution in [2.24, 2.45) is 0 Å². The first kappa shape index (κ1) is 15.7. The molecule has 3 aromatic rings. The fourth-order valence-corrected chi connectivity index (χ4v) is 2.95. The Labute approximate surface area is 144 Å². The standard InChI is InChI=1S/C17H15BN4O3/c1-11-17(20-21-22(11)14-3-2-6-19-9-14)16(23)8-12-4-5-13-10-25-18(24)15(13)7-12/h2-7,9,24H,8,10H2,1H3. The van der Waals surface area contributed by atoms with E-state index < -0.39 is 7.12 Å². The van der Waals surface area contributed by atoms with Crippen LogP contribution in [0.3, 0.4) is 0 Å². The van der Waals surface area contributed by atoms with Gasteiger partial charge in [-0.3, -0.25) is 9.78 Å². The van der Waals surface area contributed by atoms with Crippen LogP contribution in [0.25, 0.3) is 5.69 Å². The maximum absolute atomic E-state index is 12.6. The highest BCUT2D eigenvalue weighted by molar-refractivity contribution is 6.61. The van der Waals surface area contributed by atoms with Crippen molar-refractivity contribution in [2.75, 3.05) is 0 Å². The Hall–Kier alpha value is -2.84. The number of pyridine rings is 1. The molecule has 4 rings (SSSR count). The molecule has 2 aromatic heterocycles. The fraction of sp³-hybridized carbons (Fsp3) is 0.176. The normalized spacial score (nSPS) is 13.1. The second-order valence-electron chi connectivity index (χ2n) is 5.94. The third-order valence-corrected chi connectivity index (χ3v) is 4.29. The predicted octanol–water partition coefficient (Wildman–Crippen LogP) is 0.614. The van der Waals surface area contributed by atoms with Crippen LogP contribution in [0.2, 0.25) is 0 Å². The molecule has 1 aromatic carbocycles. The number of nitrogens with zero attached hydrogens (tertiary/aromatic N) is 4. The Morgan fingerprint density at radius 1 is 1.40 bits per heavy atom. The highest BCUT2D eigenvalue weighted by atomic mass is 16.5. The first-order chi connectivity index (χ1) is 12.1. The summed E-state index contributed by atoms with van der Waals surface area (Å²) in [6.45, 7) is 2.20. The zero-order valence-electron chi connectivity index (χ0n) is 13.6. The van der Waals surface area contributed by atoms with E-state index in [0.29, 0.717) is 18.0 Å². The van der Waals surface area contributed by atoms with Gasteiger partial charge in [0.25, 0.3) is 0 Å². The minimum atomic E-state index is -0.918. The molecule has 1 aliphatic heterocycles. The van der Waals surface area contributed by atoms with E-state index in [1.165, 1.54) is 0 Å². The predicted molar refractivity (Wildman–Crippen MR) is 90.8 cm³/mol. The average Bonchev–Trinajstić information content (AvgIpc) is 3.19. The van der Waals surface area contributed by atoms with E-state index in [2.05, 4.69) is 15.3 Å². The molecular formula is C17H15BN4O3. The number of rotatable bonds is 4. The van der Waals surface area contributed by atoms with Crippen LogP contribution >= 0.6 is 0 Å². The van der Waals surface area contributed by atoms with Crippen LogP contribution in [0, 0.1) is 6.92 Å². The van der Waals surface area contributed by atoms with Crippen molar-refractivity contribution in [1.82, 2.24) is 20.0 Å². The van der Waals surface area contributed by atoms with E-state index in [-0.39, 0.29) is 12.2 Å². The van der Waals surface area contributed by atoms with Crippen molar-refractivity contribution in [3.63, 3.8) is 0 Å². The van der Waals surface area contributed by atoms with Gasteiger partial charge in [-0.25, -0.2) is 4.68 Å². The Balaban J connectivity index is 1.58. The maximum atomic E-state index is 12.6. The third-order valence-electron chi connectivity index (χ3n) is 4.29. The Morgan fingerprint density at radius 3 is 3.08 bits per heavy atom. The van der Waals surface area contributed by atoms with E-state index >= 15 is 0 Å². The lowest BCUT2D eigenvalue weighted by molar-refractivity contribution is 0.0987. The topological polar surface area (TPSA) is 90.1 Å². The number of ketones is 1. The second kappa shape index (κ2) is 6.23. The summed E-state index contributed by atoms with van der Waals surface area (Å²) < 4.78 is 6.78. The minimum Gasteiger partial charge on any atom is -0.423 e. The summed E-state index contributed by atoms with van der Waals surface area (Å²) in [5.74, 6) is -0.124. The molecular weight excluding hydrogens is 319 g/mol. The highest BCUT2D eigenvalue weighted by Gasteiger charge is 2.27. The van der Waals surface area contributed by atoms with Crippen LogP contribution in [0.15, 0.2) is 42.7 Å². The monoisotopic (exact) mass is 334 g/mol. The van der Waals surface area contributed by atoms with Gasteiger partial charge in [0, 0.05) is 12.6 Å². The number of carbonyl (C=O) groups excluding carboxylic acids is 1. The molecule has 124 valence electrons. The van der Waals surface area contributed by atoms with Crippen LogP contribution in [0.4, 0.5) is 0 Å². The number of Topliss-reactive ketones (excluding diaryl/α,β-unsaturated/α-hetero) is 1. The third kappa shape index (κ3) is 2.86. The lowest BCUT2D eigenvalue weighted by Crippen LogP contribution is -2.28. The molecule has 0 unspecified atom stereocenters. The van der Waals surface area contributed by atoms with Crippen LogP contribution in [0.1, 0.15) is 27.3 Å². The quantitative estimate of drug-likeness (QED) is 0.555. The van der Waals surface area contributed by atoms with Gasteiger partial charge in [-0.2, -0.15) is 0 Å². The second-order valence-corrected chi connectivity index (χ2v) is 5.94. The molecule has 8 heteroatoms. The highest BCUT2D eigenvalue weighted by Crippen LogP contribution is 2.15. The van der Waals surface area contributed by atoms with Crippen LogP contribution in [-0.4, -0.2) is 37.9 Å². The fourth-order valence-electron chi connectivity index (χ4n) is 2.95. The zero-order chi connectivity index (χ0) is 17.4. The molecule has 25 heavy (non-hydrogen) atoms. The molecule has 0 spiro atoms. The smallest absolute Gasteiger partial charge is 0.423 e. The van der Waals surface area contributed by atoms with Gasteiger partial charge in [-0.05, 0) is 35.6 Å². The first-order valence-electron chi connectivity index (χ1n) is 7.91. The number of hydrogen-bond donors (Lipinski definition) is 1. The largest absolute Gasteiger partial charge is 0.491 e. The van der Waals surface area contributed by atoms with Crippen molar-refractivity contribution in [3.8, 4) is 5.69 Å². The molecule has 0 saturated carbocycles. The molecule has 0 fully saturated rings. The van der Waals surface area contributed by atoms with Gasteiger partial charge >= 0.3 is 7.12 Å². The summed E-state index contributed by atoms with van der Waals surface area (Å²) in [5.41, 5.74) is 4.24. The molecule has 1 N–H and O–H groups in total. The van der Waals surface area contributed by atoms with Crippen LogP contribution < -0.4 is 5.46 Å². The van der Waals surface area contributed by atoms with Crippen molar-refractivity contribution < 1.29 is 14.5 Å². The maximum Gasteiger partial charge on any atom is 0.491 e. The van der Waals surface area contributed by atoms with Crippen molar-refractivity contribution in [2.45, 2.75) is 20.0 Å². The van der Waals surface area contributed by atoms with Gasteiger partial charge in [-0.15, -0.1) is 5.10 Å². The Kier molecular flexibility index (Phi) is 3.91. The minimum absolute atomic E-state index is 0.124. The molecule has 7 nitrogen and oxygen atoms in total. The van der Waals surface area contributed by atoms with Crippen LogP contribution in [0.5, 0.6) is 0 Å². The van der Waals surface area contributed by atoms with E-state index in [0.717, 1.165) is 22.3 Å². The number of aromatic nitrogens is 4. The van der Waals surface area contributed by atoms with Gasteiger partial charge in [0.15, 0.2) is 11.5 Å². The molecule has 0 atom stereocenters. The number of fused-ring (bicyclic) bond motifs is 1. The van der Waals surface area contributed by atoms with Gasteiger partial charge in [0.2, 0.25) is 0 Å². The molecule has 0 amide bonds. The lowest BCUT2D eigenvalue weighted by atomic mass is 9.78. The van der Waals surface area contributed by atoms with Crippen LogP contribution in [-0.2, 0) is 17.7 Å². The van der Waals surface area contributed by atoms with E-state index in [1.54, 1.807) is 30.1 Å². The van der Waals surface area contributed by atoms with Crippen molar-refractivity contribution >= 4 is 18.4 Å². The van der Waals surface area contributed by atoms with Gasteiger partial charge in [0.1, 0.15) is 0 Å². The number of benzene rings is 1. The summed E-state index contributed by atoms with van der Waals surface area (Å²) in [7, 11) is -0.918. The van der Waals surface area contributed by atoms with Crippen molar-refractivity contribution in [3.05, 3.63) is 65.2 Å². The summed E-state index contributed by atoms with van der Waals surface area (Å²) in [5, 5.41) is 17.9. The van der Waals surface area contributed by atoms with E-state index in [9.17, 15) is 9.82 Å². The molecule has 0 aliphatic carbocycles. The Morgan fingerprint density at radius 2 is 2.28 bits per heavy atom. The number of hydrogen-bond acceptors (Lipinski definition) is 6. The molecule has 0 radical (unpaired) electrons. The Bertz CT molecular complexity index is 942. The molecule has 3 heterocycles. The summed E-state index contributed by atoms with van der Waals surface area (Å²) in [6, 6.07) is 9.22. The lowest BCUT2D eigenvalue weighted by Gasteiger charge is -2.04. The van der Waals surface area contributed by atoms with E-state index in [4.69, 9.17) is 4.65 Å². The molecule has 0 bridgehead atoms. The molecule has 0 saturated heterocycles. The average molecular weight is 334 g/mol. The number of carbonyl (C=O) groups is 1. The van der Waals surface area contributed by atoms with Gasteiger partial charge in [0.05, 0.1) is 24.2 Å². The molecule has 1 aliphatic rings. The van der Waals surface area contributed by atoms with E-state index in [1.807, 2.05) is 24.3 Å². The summed E-state index contributed by atoms with van der Waals surface area (Å²) >= 11 is 0.